The highest BCUT2D eigenvalue weighted by molar-refractivity contribution is 7.07. The van der Waals surface area contributed by atoms with Crippen LogP contribution in [0, 0.1) is 0 Å². The number of benzene rings is 1. The zero-order valence-electron chi connectivity index (χ0n) is 9.89. The molecule has 1 aromatic heterocycles. The third-order valence-electron chi connectivity index (χ3n) is 2.69. The minimum Gasteiger partial charge on any atom is -0.508 e. The zero-order chi connectivity index (χ0) is 12.1. The second-order valence-electron chi connectivity index (χ2n) is 4.29. The van der Waals surface area contributed by atoms with Gasteiger partial charge in [-0.25, -0.2) is 0 Å². The van der Waals surface area contributed by atoms with E-state index in [-0.39, 0.29) is 0 Å². The molecule has 0 amide bonds. The van der Waals surface area contributed by atoms with E-state index in [4.69, 9.17) is 0 Å². The summed E-state index contributed by atoms with van der Waals surface area (Å²) in [5.74, 6) is 0.329. The van der Waals surface area contributed by atoms with Crippen molar-refractivity contribution < 1.29 is 5.11 Å². The predicted molar refractivity (Wildman–Crippen MR) is 72.4 cm³/mol. The highest BCUT2D eigenvalue weighted by Gasteiger charge is 2.03. The van der Waals surface area contributed by atoms with Crippen LogP contribution in [-0.4, -0.2) is 11.1 Å². The number of thiophene rings is 1. The van der Waals surface area contributed by atoms with Gasteiger partial charge in [0.25, 0.3) is 0 Å². The predicted octanol–water partition coefficient (Wildman–Crippen LogP) is 3.17. The lowest BCUT2D eigenvalue weighted by molar-refractivity contribution is 0.473. The Balaban J connectivity index is 1.82. The second-order valence-corrected chi connectivity index (χ2v) is 5.07. The molecule has 0 aliphatic heterocycles. The van der Waals surface area contributed by atoms with Gasteiger partial charge in [0, 0.05) is 12.6 Å². The molecule has 0 saturated heterocycles. The lowest BCUT2D eigenvalue weighted by Gasteiger charge is -2.13. The van der Waals surface area contributed by atoms with Crippen LogP contribution in [-0.2, 0) is 13.0 Å². The van der Waals surface area contributed by atoms with Crippen molar-refractivity contribution >= 4 is 11.3 Å². The Bertz CT molecular complexity index is 453. The molecule has 0 aliphatic rings. The Morgan fingerprint density at radius 1 is 1.29 bits per heavy atom. The molecular weight excluding hydrogens is 230 g/mol. The van der Waals surface area contributed by atoms with E-state index in [0.717, 1.165) is 18.5 Å². The van der Waals surface area contributed by atoms with Crippen molar-refractivity contribution in [1.29, 1.82) is 0 Å². The molecule has 17 heavy (non-hydrogen) atoms. The Labute approximate surface area is 106 Å². The average molecular weight is 247 g/mol. The number of aromatic hydroxyl groups is 1. The molecule has 1 atom stereocenters. The number of phenols is 1. The quantitative estimate of drug-likeness (QED) is 0.850. The SMILES string of the molecule is CC(Cc1ccsc1)NCc1cccc(O)c1. The van der Waals surface area contributed by atoms with E-state index in [1.165, 1.54) is 5.56 Å². The third kappa shape index (κ3) is 3.88. The van der Waals surface area contributed by atoms with E-state index in [1.807, 2.05) is 12.1 Å². The number of phenolic OH excluding ortho intramolecular Hbond substituents is 1. The summed E-state index contributed by atoms with van der Waals surface area (Å²) in [6, 6.07) is 9.98. The van der Waals surface area contributed by atoms with Crippen LogP contribution in [0.25, 0.3) is 0 Å². The van der Waals surface area contributed by atoms with Gasteiger partial charge in [-0.1, -0.05) is 12.1 Å². The fourth-order valence-electron chi connectivity index (χ4n) is 1.79. The summed E-state index contributed by atoms with van der Waals surface area (Å²) in [6.45, 7) is 2.97. The van der Waals surface area contributed by atoms with Gasteiger partial charge in [-0.05, 0) is 53.4 Å². The van der Waals surface area contributed by atoms with Gasteiger partial charge < -0.3 is 10.4 Å². The normalized spacial score (nSPS) is 12.5. The summed E-state index contributed by atoms with van der Waals surface area (Å²) >= 11 is 1.74. The van der Waals surface area contributed by atoms with Gasteiger partial charge in [-0.2, -0.15) is 11.3 Å². The fourth-order valence-corrected chi connectivity index (χ4v) is 2.47. The first-order valence-electron chi connectivity index (χ1n) is 5.76. The molecule has 2 N–H and O–H groups in total. The number of nitrogens with one attached hydrogen (secondary N) is 1. The van der Waals surface area contributed by atoms with Gasteiger partial charge in [0.15, 0.2) is 0 Å². The van der Waals surface area contributed by atoms with E-state index in [1.54, 1.807) is 23.5 Å². The standard InChI is InChI=1S/C14H17NOS/c1-11(7-13-5-6-17-10-13)15-9-12-3-2-4-14(16)8-12/h2-6,8,10-11,15-16H,7,9H2,1H3. The number of hydrogen-bond donors (Lipinski definition) is 2. The van der Waals surface area contributed by atoms with Gasteiger partial charge in [0.1, 0.15) is 5.75 Å². The fraction of sp³-hybridized carbons (Fsp3) is 0.286. The Morgan fingerprint density at radius 3 is 2.88 bits per heavy atom. The largest absolute Gasteiger partial charge is 0.508 e. The molecule has 0 bridgehead atoms. The van der Waals surface area contributed by atoms with Crippen molar-refractivity contribution in [3.63, 3.8) is 0 Å². The molecule has 2 rings (SSSR count). The lowest BCUT2D eigenvalue weighted by atomic mass is 10.1. The smallest absolute Gasteiger partial charge is 0.115 e. The van der Waals surface area contributed by atoms with Crippen LogP contribution in [0.2, 0.25) is 0 Å². The maximum Gasteiger partial charge on any atom is 0.115 e. The molecule has 0 spiro atoms. The highest BCUT2D eigenvalue weighted by atomic mass is 32.1. The Kier molecular flexibility index (Phi) is 4.18. The van der Waals surface area contributed by atoms with Crippen molar-refractivity contribution in [1.82, 2.24) is 5.32 Å². The molecule has 1 heterocycles. The van der Waals surface area contributed by atoms with Crippen molar-refractivity contribution in [2.75, 3.05) is 0 Å². The average Bonchev–Trinajstić information content (AvgIpc) is 2.79. The second kappa shape index (κ2) is 5.84. The minimum absolute atomic E-state index is 0.329. The van der Waals surface area contributed by atoms with E-state index in [2.05, 4.69) is 29.1 Å². The molecule has 0 radical (unpaired) electrons. The summed E-state index contributed by atoms with van der Waals surface area (Å²) in [7, 11) is 0. The van der Waals surface area contributed by atoms with Crippen LogP contribution in [0.4, 0.5) is 0 Å². The highest BCUT2D eigenvalue weighted by Crippen LogP contribution is 2.12. The summed E-state index contributed by atoms with van der Waals surface area (Å²) in [5, 5.41) is 17.1. The Hall–Kier alpha value is -1.32. The molecular formula is C14H17NOS. The van der Waals surface area contributed by atoms with Crippen LogP contribution >= 0.6 is 11.3 Å². The van der Waals surface area contributed by atoms with E-state index in [9.17, 15) is 5.11 Å². The first-order chi connectivity index (χ1) is 8.24. The Morgan fingerprint density at radius 2 is 2.18 bits per heavy atom. The molecule has 90 valence electrons. The monoisotopic (exact) mass is 247 g/mol. The maximum absolute atomic E-state index is 9.36. The van der Waals surface area contributed by atoms with Crippen LogP contribution in [0.15, 0.2) is 41.1 Å². The van der Waals surface area contributed by atoms with Gasteiger partial charge >= 0.3 is 0 Å². The van der Waals surface area contributed by atoms with E-state index < -0.39 is 0 Å². The number of hydrogen-bond acceptors (Lipinski definition) is 3. The first-order valence-corrected chi connectivity index (χ1v) is 6.70. The molecule has 0 fully saturated rings. The molecule has 2 nitrogen and oxygen atoms in total. The molecule has 0 aliphatic carbocycles. The van der Waals surface area contributed by atoms with E-state index in [0.29, 0.717) is 11.8 Å². The van der Waals surface area contributed by atoms with Crippen molar-refractivity contribution in [2.24, 2.45) is 0 Å². The minimum atomic E-state index is 0.329. The van der Waals surface area contributed by atoms with Crippen molar-refractivity contribution in [3.8, 4) is 5.75 Å². The topological polar surface area (TPSA) is 32.3 Å². The summed E-state index contributed by atoms with van der Waals surface area (Å²) in [5.41, 5.74) is 2.49. The molecule has 3 heteroatoms. The maximum atomic E-state index is 9.36. The van der Waals surface area contributed by atoms with Crippen LogP contribution in [0.3, 0.4) is 0 Å². The molecule has 1 unspecified atom stereocenters. The van der Waals surface area contributed by atoms with Crippen LogP contribution < -0.4 is 5.32 Å². The number of rotatable bonds is 5. The third-order valence-corrected chi connectivity index (χ3v) is 3.42. The molecule has 1 aromatic carbocycles. The van der Waals surface area contributed by atoms with Crippen molar-refractivity contribution in [2.45, 2.75) is 25.9 Å². The first kappa shape index (κ1) is 12.1. The molecule has 0 saturated carbocycles. The van der Waals surface area contributed by atoms with E-state index >= 15 is 0 Å². The van der Waals surface area contributed by atoms with Crippen LogP contribution in [0.1, 0.15) is 18.1 Å². The van der Waals surface area contributed by atoms with Gasteiger partial charge in [-0.3, -0.25) is 0 Å². The summed E-state index contributed by atoms with van der Waals surface area (Å²) in [4.78, 5) is 0. The molecule has 2 aromatic rings. The van der Waals surface area contributed by atoms with Gasteiger partial charge in [0.05, 0.1) is 0 Å². The lowest BCUT2D eigenvalue weighted by Crippen LogP contribution is -2.27. The zero-order valence-corrected chi connectivity index (χ0v) is 10.7. The van der Waals surface area contributed by atoms with Gasteiger partial charge in [0.2, 0.25) is 0 Å². The summed E-state index contributed by atoms with van der Waals surface area (Å²) < 4.78 is 0. The van der Waals surface area contributed by atoms with Crippen molar-refractivity contribution in [3.05, 3.63) is 52.2 Å². The summed E-state index contributed by atoms with van der Waals surface area (Å²) in [6.07, 6.45) is 1.04. The van der Waals surface area contributed by atoms with Gasteiger partial charge in [-0.15, -0.1) is 0 Å². The van der Waals surface area contributed by atoms with Crippen LogP contribution in [0.5, 0.6) is 5.75 Å².